The average Bonchev–Trinajstić information content (AvgIpc) is 3.54. The number of nitrogens with one attached hydrogen (secondary N) is 2. The number of carbonyl (C=O) groups excluding carboxylic acids is 4. The Labute approximate surface area is 297 Å². The summed E-state index contributed by atoms with van der Waals surface area (Å²) in [7, 11) is 4.69. The summed E-state index contributed by atoms with van der Waals surface area (Å²) in [5.74, 6) is 0.224. The van der Waals surface area contributed by atoms with Gasteiger partial charge in [0.25, 0.3) is 5.91 Å². The van der Waals surface area contributed by atoms with E-state index in [4.69, 9.17) is 14.2 Å². The van der Waals surface area contributed by atoms with E-state index in [-0.39, 0.29) is 30.9 Å². The van der Waals surface area contributed by atoms with Gasteiger partial charge in [-0.05, 0) is 92.3 Å². The van der Waals surface area contributed by atoms with Crippen molar-refractivity contribution in [2.75, 3.05) is 38.0 Å². The molecular weight excluding hydrogens is 650 g/mol. The van der Waals surface area contributed by atoms with E-state index < -0.39 is 5.97 Å². The zero-order chi connectivity index (χ0) is 36.3. The van der Waals surface area contributed by atoms with E-state index >= 15 is 0 Å². The summed E-state index contributed by atoms with van der Waals surface area (Å²) in [6, 6.07) is 19.4. The van der Waals surface area contributed by atoms with Crippen LogP contribution in [0, 0.1) is 6.92 Å². The minimum absolute atomic E-state index is 0.0232. The molecule has 0 radical (unpaired) electrons. The number of hydrogen-bond acceptors (Lipinski definition) is 8. The predicted molar refractivity (Wildman–Crippen MR) is 196 cm³/mol. The summed E-state index contributed by atoms with van der Waals surface area (Å²) >= 11 is 0. The lowest BCUT2D eigenvalue weighted by molar-refractivity contribution is -0.120. The molecule has 51 heavy (non-hydrogen) atoms. The van der Waals surface area contributed by atoms with Crippen LogP contribution in [0.3, 0.4) is 0 Å². The maximum atomic E-state index is 12.9. The SMILES string of the molecule is COC(=O)c1cc(-c2ccc(NC(=O)c3ccc(NC(=O)CCCOc4cc(/N=C\C5CCCCN5C=O)c(C)cc4OC)cc3)cc2)cn1C. The van der Waals surface area contributed by atoms with Gasteiger partial charge < -0.3 is 34.3 Å². The van der Waals surface area contributed by atoms with Crippen LogP contribution in [-0.4, -0.2) is 73.3 Å². The first-order valence-electron chi connectivity index (χ1n) is 16.8. The number of rotatable bonds is 14. The second kappa shape index (κ2) is 17.1. The highest BCUT2D eigenvalue weighted by Gasteiger charge is 2.19. The number of ether oxygens (including phenoxy) is 3. The van der Waals surface area contributed by atoms with Crippen LogP contribution in [0.15, 0.2) is 77.9 Å². The van der Waals surface area contributed by atoms with E-state index in [1.807, 2.05) is 43.6 Å². The standard InChI is InChI=1S/C39H43N5O7/c1-26-20-35(49-3)36(22-33(26)40-23-32-8-5-6-18-44(32)25-45)51-19-7-9-37(46)41-30-16-12-28(13-17-30)38(47)42-31-14-10-27(11-15-31)29-21-34(39(48)50-4)43(2)24-29/h10-17,20-25,32H,5-9,18-19H2,1-4H3,(H,41,46)(H,42,47)/b40-23-. The number of benzene rings is 3. The fourth-order valence-electron chi connectivity index (χ4n) is 5.82. The third-order valence-electron chi connectivity index (χ3n) is 8.71. The number of anilines is 2. The van der Waals surface area contributed by atoms with Gasteiger partial charge in [0.1, 0.15) is 5.69 Å². The van der Waals surface area contributed by atoms with E-state index in [9.17, 15) is 19.2 Å². The summed E-state index contributed by atoms with van der Waals surface area (Å²) in [6.45, 7) is 2.97. The van der Waals surface area contributed by atoms with Crippen molar-refractivity contribution in [3.63, 3.8) is 0 Å². The molecule has 2 heterocycles. The molecule has 3 amide bonds. The van der Waals surface area contributed by atoms with E-state index in [1.165, 1.54) is 7.11 Å². The number of nitrogens with zero attached hydrogens (tertiary/aromatic N) is 3. The fourth-order valence-corrected chi connectivity index (χ4v) is 5.82. The van der Waals surface area contributed by atoms with Crippen LogP contribution in [-0.2, 0) is 21.4 Å². The molecule has 1 aliphatic rings. The third-order valence-corrected chi connectivity index (χ3v) is 8.71. The molecule has 1 atom stereocenters. The lowest BCUT2D eigenvalue weighted by Gasteiger charge is -2.29. The van der Waals surface area contributed by atoms with Crippen LogP contribution in [0.1, 0.15) is 58.5 Å². The molecule has 4 aromatic rings. The van der Waals surface area contributed by atoms with Crippen molar-refractivity contribution >= 4 is 47.5 Å². The summed E-state index contributed by atoms with van der Waals surface area (Å²) in [4.78, 5) is 55.3. The number of piperidine rings is 1. The molecule has 1 aliphatic heterocycles. The van der Waals surface area contributed by atoms with Crippen molar-refractivity contribution in [3.05, 3.63) is 89.7 Å². The normalized spacial score (nSPS) is 14.2. The maximum Gasteiger partial charge on any atom is 0.354 e. The van der Waals surface area contributed by atoms with Crippen LogP contribution in [0.5, 0.6) is 11.5 Å². The summed E-state index contributed by atoms with van der Waals surface area (Å²) in [6.07, 6.45) is 8.19. The Bertz CT molecular complexity index is 1880. The van der Waals surface area contributed by atoms with Crippen molar-refractivity contribution in [1.29, 1.82) is 0 Å². The Morgan fingerprint density at radius 1 is 0.922 bits per heavy atom. The van der Waals surface area contributed by atoms with E-state index in [0.29, 0.717) is 40.6 Å². The highest BCUT2D eigenvalue weighted by molar-refractivity contribution is 6.04. The largest absolute Gasteiger partial charge is 0.493 e. The van der Waals surface area contributed by atoms with Gasteiger partial charge in [0.2, 0.25) is 12.3 Å². The van der Waals surface area contributed by atoms with Gasteiger partial charge in [0.05, 0.1) is 32.6 Å². The number of aliphatic imine (C=N–C) groups is 1. The molecule has 0 bridgehead atoms. The van der Waals surface area contributed by atoms with Crippen molar-refractivity contribution < 1.29 is 33.4 Å². The zero-order valence-electron chi connectivity index (χ0n) is 29.3. The van der Waals surface area contributed by atoms with Gasteiger partial charge in [-0.25, -0.2) is 4.79 Å². The van der Waals surface area contributed by atoms with Crippen molar-refractivity contribution in [1.82, 2.24) is 9.47 Å². The Morgan fingerprint density at radius 3 is 2.35 bits per heavy atom. The molecule has 0 saturated carbocycles. The molecule has 0 spiro atoms. The molecular formula is C39H43N5O7. The summed E-state index contributed by atoms with van der Waals surface area (Å²) in [5.41, 5.74) is 5.46. The van der Waals surface area contributed by atoms with Gasteiger partial charge in [-0.15, -0.1) is 0 Å². The quantitative estimate of drug-likeness (QED) is 0.0660. The molecule has 266 valence electrons. The molecule has 0 aliphatic carbocycles. The van der Waals surface area contributed by atoms with Crippen LogP contribution in [0.25, 0.3) is 11.1 Å². The molecule has 3 aromatic carbocycles. The molecule has 1 aromatic heterocycles. The number of aryl methyl sites for hydroxylation is 2. The van der Waals surface area contributed by atoms with Crippen molar-refractivity contribution in [3.8, 4) is 22.6 Å². The predicted octanol–water partition coefficient (Wildman–Crippen LogP) is 6.56. The number of hydrogen-bond donors (Lipinski definition) is 2. The van der Waals surface area contributed by atoms with Gasteiger partial charge in [0, 0.05) is 61.0 Å². The Balaban J connectivity index is 1.08. The number of likely N-dealkylation sites (tertiary alicyclic amines) is 1. The molecule has 12 nitrogen and oxygen atoms in total. The number of carbonyl (C=O) groups is 4. The van der Waals surface area contributed by atoms with Crippen LogP contribution >= 0.6 is 0 Å². The minimum atomic E-state index is -0.413. The Kier molecular flexibility index (Phi) is 12.2. The highest BCUT2D eigenvalue weighted by Crippen LogP contribution is 2.35. The van der Waals surface area contributed by atoms with E-state index in [2.05, 4.69) is 15.6 Å². The average molecular weight is 694 g/mol. The highest BCUT2D eigenvalue weighted by atomic mass is 16.5. The monoisotopic (exact) mass is 693 g/mol. The molecule has 1 fully saturated rings. The van der Waals surface area contributed by atoms with Crippen LogP contribution in [0.2, 0.25) is 0 Å². The molecule has 12 heteroatoms. The molecule has 5 rings (SSSR count). The van der Waals surface area contributed by atoms with Gasteiger partial charge in [-0.3, -0.25) is 19.4 Å². The van der Waals surface area contributed by atoms with Gasteiger partial charge in [-0.2, -0.15) is 0 Å². The van der Waals surface area contributed by atoms with E-state index in [0.717, 1.165) is 54.6 Å². The number of amides is 3. The Morgan fingerprint density at radius 2 is 1.65 bits per heavy atom. The lowest BCUT2D eigenvalue weighted by atomic mass is 10.0. The third kappa shape index (κ3) is 9.41. The lowest BCUT2D eigenvalue weighted by Crippen LogP contribution is -2.39. The van der Waals surface area contributed by atoms with Crippen molar-refractivity contribution in [2.45, 2.75) is 45.1 Å². The first-order chi connectivity index (χ1) is 24.7. The first kappa shape index (κ1) is 36.4. The maximum absolute atomic E-state index is 12.9. The summed E-state index contributed by atoms with van der Waals surface area (Å²) < 4.78 is 18.0. The summed E-state index contributed by atoms with van der Waals surface area (Å²) in [5, 5.41) is 5.74. The number of esters is 1. The second-order valence-electron chi connectivity index (χ2n) is 12.3. The second-order valence-corrected chi connectivity index (χ2v) is 12.3. The smallest absolute Gasteiger partial charge is 0.354 e. The van der Waals surface area contributed by atoms with Gasteiger partial charge in [-0.1, -0.05) is 12.1 Å². The van der Waals surface area contributed by atoms with E-state index in [1.54, 1.807) is 66.1 Å². The number of methoxy groups -OCH3 is 2. The topological polar surface area (TPSA) is 141 Å². The molecule has 1 saturated heterocycles. The number of aromatic nitrogens is 1. The first-order valence-corrected chi connectivity index (χ1v) is 16.8. The van der Waals surface area contributed by atoms with Crippen LogP contribution in [0.4, 0.5) is 17.1 Å². The minimum Gasteiger partial charge on any atom is -0.493 e. The fraction of sp³-hybridized carbons (Fsp3) is 0.308. The zero-order valence-corrected chi connectivity index (χ0v) is 29.3. The molecule has 1 unspecified atom stereocenters. The Hall–Kier alpha value is -5.91. The van der Waals surface area contributed by atoms with Crippen molar-refractivity contribution in [2.24, 2.45) is 12.0 Å². The van der Waals surface area contributed by atoms with Gasteiger partial charge in [0.15, 0.2) is 11.5 Å². The van der Waals surface area contributed by atoms with Crippen LogP contribution < -0.4 is 20.1 Å². The van der Waals surface area contributed by atoms with Gasteiger partial charge >= 0.3 is 5.97 Å². The molecule has 2 N–H and O–H groups in total.